The molecule has 1 aliphatic rings. The van der Waals surface area contributed by atoms with Crippen molar-refractivity contribution in [2.24, 2.45) is 0 Å². The van der Waals surface area contributed by atoms with Crippen molar-refractivity contribution in [1.82, 2.24) is 10.2 Å². The second-order valence-corrected chi connectivity index (χ2v) is 8.19. The number of anilines is 3. The first-order chi connectivity index (χ1) is 12.8. The molecule has 1 aliphatic heterocycles. The van der Waals surface area contributed by atoms with Crippen molar-refractivity contribution < 1.29 is 17.6 Å². The number of carbonyl (C=O) groups is 1. The zero-order chi connectivity index (χ0) is 19.3. The van der Waals surface area contributed by atoms with Crippen LogP contribution in [0.3, 0.4) is 0 Å². The highest BCUT2D eigenvalue weighted by Gasteiger charge is 2.36. The van der Waals surface area contributed by atoms with E-state index in [2.05, 4.69) is 15.5 Å². The Morgan fingerprint density at radius 3 is 2.56 bits per heavy atom. The molecule has 0 unspecified atom stereocenters. The maximum Gasteiger partial charge on any atom is 0.326 e. The van der Waals surface area contributed by atoms with Crippen LogP contribution in [0.1, 0.15) is 16.1 Å². The van der Waals surface area contributed by atoms with Crippen LogP contribution in [0, 0.1) is 6.92 Å². The normalized spacial score (nSPS) is 15.1. The third kappa shape index (κ3) is 2.65. The van der Waals surface area contributed by atoms with E-state index in [4.69, 9.17) is 4.42 Å². The van der Waals surface area contributed by atoms with Crippen LogP contribution in [0.25, 0.3) is 11.5 Å². The highest BCUT2D eigenvalue weighted by atomic mass is 32.2. The lowest BCUT2D eigenvalue weighted by Crippen LogP contribution is -2.32. The van der Waals surface area contributed by atoms with E-state index in [1.807, 2.05) is 0 Å². The van der Waals surface area contributed by atoms with Gasteiger partial charge in [-0.05, 0) is 36.8 Å². The Labute approximate surface area is 155 Å². The van der Waals surface area contributed by atoms with Crippen molar-refractivity contribution in [3.8, 4) is 11.5 Å². The SMILES string of the molecule is Cc1cc2c(cc1NC(=O)c1cc(-c3ccco3)[nH]n1)N(C)S(=O)(=O)N2C. The van der Waals surface area contributed by atoms with E-state index in [9.17, 15) is 13.2 Å². The van der Waals surface area contributed by atoms with Gasteiger partial charge in [0.2, 0.25) is 0 Å². The number of aromatic nitrogens is 2. The molecule has 0 aliphatic carbocycles. The molecule has 0 fully saturated rings. The van der Waals surface area contributed by atoms with Crippen LogP contribution in [-0.2, 0) is 10.2 Å². The quantitative estimate of drug-likeness (QED) is 0.717. The Morgan fingerprint density at radius 1 is 1.19 bits per heavy atom. The third-order valence-electron chi connectivity index (χ3n) is 4.54. The van der Waals surface area contributed by atoms with Crippen LogP contribution in [-0.4, -0.2) is 38.6 Å². The van der Waals surface area contributed by atoms with E-state index in [0.717, 1.165) is 5.56 Å². The van der Waals surface area contributed by atoms with Gasteiger partial charge in [0.05, 0.1) is 17.6 Å². The van der Waals surface area contributed by atoms with Gasteiger partial charge in [0.1, 0.15) is 5.69 Å². The first kappa shape index (κ1) is 17.2. The lowest BCUT2D eigenvalue weighted by molar-refractivity contribution is 0.102. The number of aromatic amines is 1. The molecule has 3 aromatic rings. The van der Waals surface area contributed by atoms with Gasteiger partial charge in [0.15, 0.2) is 11.5 Å². The van der Waals surface area contributed by atoms with Gasteiger partial charge in [0.25, 0.3) is 5.91 Å². The van der Waals surface area contributed by atoms with Gasteiger partial charge in [-0.15, -0.1) is 0 Å². The van der Waals surface area contributed by atoms with Crippen LogP contribution in [0.15, 0.2) is 41.0 Å². The molecule has 0 saturated carbocycles. The molecule has 1 amide bonds. The second kappa shape index (κ2) is 5.88. The fourth-order valence-corrected chi connectivity index (χ4v) is 4.09. The van der Waals surface area contributed by atoms with Crippen molar-refractivity contribution in [2.45, 2.75) is 6.92 Å². The lowest BCUT2D eigenvalue weighted by Gasteiger charge is -2.13. The summed E-state index contributed by atoms with van der Waals surface area (Å²) in [7, 11) is -0.603. The molecule has 140 valence electrons. The highest BCUT2D eigenvalue weighted by molar-refractivity contribution is 7.94. The molecule has 4 rings (SSSR count). The molecule has 0 spiro atoms. The molecule has 27 heavy (non-hydrogen) atoms. The molecule has 3 heterocycles. The monoisotopic (exact) mass is 387 g/mol. The van der Waals surface area contributed by atoms with E-state index in [1.54, 1.807) is 37.3 Å². The van der Waals surface area contributed by atoms with Gasteiger partial charge >= 0.3 is 10.2 Å². The first-order valence-corrected chi connectivity index (χ1v) is 9.47. The fourth-order valence-electron chi connectivity index (χ4n) is 2.94. The molecule has 0 saturated heterocycles. The van der Waals surface area contributed by atoms with Gasteiger partial charge in [0, 0.05) is 25.8 Å². The Kier molecular flexibility index (Phi) is 3.74. The summed E-state index contributed by atoms with van der Waals surface area (Å²) >= 11 is 0. The van der Waals surface area contributed by atoms with Crippen LogP contribution < -0.4 is 13.9 Å². The number of benzene rings is 1. The van der Waals surface area contributed by atoms with Crippen LogP contribution in [0.4, 0.5) is 17.1 Å². The topological polar surface area (TPSA) is 112 Å². The number of rotatable bonds is 3. The second-order valence-electron chi connectivity index (χ2n) is 6.20. The van der Waals surface area contributed by atoms with E-state index >= 15 is 0 Å². The van der Waals surface area contributed by atoms with Crippen LogP contribution in [0.5, 0.6) is 0 Å². The van der Waals surface area contributed by atoms with Crippen molar-refractivity contribution >= 4 is 33.2 Å². The van der Waals surface area contributed by atoms with Crippen molar-refractivity contribution in [3.63, 3.8) is 0 Å². The van der Waals surface area contributed by atoms with Gasteiger partial charge < -0.3 is 9.73 Å². The fraction of sp³-hybridized carbons (Fsp3) is 0.176. The van der Waals surface area contributed by atoms with Crippen LogP contribution in [0.2, 0.25) is 0 Å². The molecule has 2 N–H and O–H groups in total. The molecular weight excluding hydrogens is 370 g/mol. The third-order valence-corrected chi connectivity index (χ3v) is 6.32. The van der Waals surface area contributed by atoms with Crippen molar-refractivity contribution in [1.29, 1.82) is 0 Å². The molecule has 0 atom stereocenters. The maximum atomic E-state index is 12.6. The number of fused-ring (bicyclic) bond motifs is 1. The Bertz CT molecular complexity index is 1130. The molecule has 1 aromatic carbocycles. The van der Waals surface area contributed by atoms with Crippen molar-refractivity contribution in [2.75, 3.05) is 28.0 Å². The molecular formula is C17H17N5O4S. The number of hydrogen-bond donors (Lipinski definition) is 2. The zero-order valence-corrected chi connectivity index (χ0v) is 15.7. The van der Waals surface area contributed by atoms with Gasteiger partial charge in [-0.3, -0.25) is 18.5 Å². The minimum absolute atomic E-state index is 0.194. The Balaban J connectivity index is 1.63. The number of carbonyl (C=O) groups excluding carboxylic acids is 1. The van der Waals surface area contributed by atoms with Gasteiger partial charge in [-0.2, -0.15) is 13.5 Å². The number of amides is 1. The van der Waals surface area contributed by atoms with Gasteiger partial charge in [-0.1, -0.05) is 0 Å². The predicted molar refractivity (Wildman–Crippen MR) is 101 cm³/mol. The Morgan fingerprint density at radius 2 is 1.89 bits per heavy atom. The minimum Gasteiger partial charge on any atom is -0.463 e. The number of H-pyrrole nitrogens is 1. The van der Waals surface area contributed by atoms with E-state index in [-0.39, 0.29) is 5.69 Å². The average Bonchev–Trinajstić information content (AvgIpc) is 3.35. The summed E-state index contributed by atoms with van der Waals surface area (Å²) in [5, 5.41) is 9.55. The summed E-state index contributed by atoms with van der Waals surface area (Å²) in [5.74, 6) is 0.161. The largest absolute Gasteiger partial charge is 0.463 e. The summed E-state index contributed by atoms with van der Waals surface area (Å²) < 4.78 is 32.2. The highest BCUT2D eigenvalue weighted by Crippen LogP contribution is 2.42. The predicted octanol–water partition coefficient (Wildman–Crippen LogP) is 2.36. The number of nitrogens with zero attached hydrogens (tertiary/aromatic N) is 3. The zero-order valence-electron chi connectivity index (χ0n) is 14.8. The first-order valence-electron chi connectivity index (χ1n) is 8.07. The number of nitrogens with one attached hydrogen (secondary N) is 2. The maximum absolute atomic E-state index is 12.6. The van der Waals surface area contributed by atoms with E-state index in [1.165, 1.54) is 29.0 Å². The Hall–Kier alpha value is -3.27. The number of aryl methyl sites for hydroxylation is 1. The molecule has 9 nitrogen and oxygen atoms in total. The molecule has 2 aromatic heterocycles. The minimum atomic E-state index is -3.57. The summed E-state index contributed by atoms with van der Waals surface area (Å²) in [6.45, 7) is 1.80. The summed E-state index contributed by atoms with van der Waals surface area (Å²) in [5.41, 5.74) is 3.09. The smallest absolute Gasteiger partial charge is 0.326 e. The van der Waals surface area contributed by atoms with Crippen LogP contribution >= 0.6 is 0 Å². The van der Waals surface area contributed by atoms with E-state index < -0.39 is 16.1 Å². The van der Waals surface area contributed by atoms with E-state index in [0.29, 0.717) is 28.5 Å². The summed E-state index contributed by atoms with van der Waals surface area (Å²) in [6.07, 6.45) is 1.53. The molecule has 0 bridgehead atoms. The van der Waals surface area contributed by atoms with Crippen molar-refractivity contribution in [3.05, 3.63) is 47.9 Å². The number of furan rings is 1. The number of hydrogen-bond acceptors (Lipinski definition) is 5. The van der Waals surface area contributed by atoms with Gasteiger partial charge in [-0.25, -0.2) is 0 Å². The standard InChI is InChI=1S/C17H17N5O4S/c1-10-7-14-15(22(3)27(24,25)21(14)2)9-11(10)18-17(23)13-8-12(19-20-13)16-5-4-6-26-16/h4-9H,1-3H3,(H,18,23)(H,19,20). The summed E-state index contributed by atoms with van der Waals surface area (Å²) in [4.78, 5) is 12.6. The lowest BCUT2D eigenvalue weighted by atomic mass is 10.1. The average molecular weight is 387 g/mol. The summed E-state index contributed by atoms with van der Waals surface area (Å²) in [6, 6.07) is 8.45. The molecule has 10 heteroatoms. The molecule has 0 radical (unpaired) electrons.